The Hall–Kier alpha value is -2.40. The standard InChI is InChI=1S/C18H21N3O2/c22-18(23)16(14-7-9-19-12-14)11-13-4-3-5-15(10-13)21-17-6-1-2-8-20-17/h1-6,8,10,14,16,19H,7,9,11-12H2,(H,20,21)(H,22,23)/t14-,16-/m0/s1. The Morgan fingerprint density at radius 3 is 2.96 bits per heavy atom. The molecule has 1 aromatic heterocycles. The van der Waals surface area contributed by atoms with Crippen molar-refractivity contribution in [1.29, 1.82) is 0 Å². The summed E-state index contributed by atoms with van der Waals surface area (Å²) in [7, 11) is 0. The lowest BCUT2D eigenvalue weighted by molar-refractivity contribution is -0.143. The Kier molecular flexibility index (Phi) is 4.88. The van der Waals surface area contributed by atoms with Gasteiger partial charge in [0, 0.05) is 11.9 Å². The highest BCUT2D eigenvalue weighted by atomic mass is 16.4. The normalized spacial score (nSPS) is 18.5. The third-order valence-electron chi connectivity index (χ3n) is 4.30. The maximum Gasteiger partial charge on any atom is 0.307 e. The number of rotatable bonds is 6. The average Bonchev–Trinajstić information content (AvgIpc) is 3.08. The molecule has 1 aliphatic rings. The van der Waals surface area contributed by atoms with E-state index in [1.165, 1.54) is 0 Å². The molecule has 1 fully saturated rings. The smallest absolute Gasteiger partial charge is 0.307 e. The Bertz CT molecular complexity index is 654. The van der Waals surface area contributed by atoms with Gasteiger partial charge in [-0.15, -0.1) is 0 Å². The van der Waals surface area contributed by atoms with Crippen molar-refractivity contribution in [2.75, 3.05) is 18.4 Å². The number of anilines is 2. The number of hydrogen-bond donors (Lipinski definition) is 3. The molecule has 0 saturated carbocycles. The molecule has 2 heterocycles. The number of carboxylic acid groups (broad SMARTS) is 1. The van der Waals surface area contributed by atoms with Gasteiger partial charge in [-0.2, -0.15) is 0 Å². The molecule has 0 aliphatic carbocycles. The van der Waals surface area contributed by atoms with Crippen LogP contribution in [-0.4, -0.2) is 29.1 Å². The first-order valence-corrected chi connectivity index (χ1v) is 7.93. The summed E-state index contributed by atoms with van der Waals surface area (Å²) >= 11 is 0. The number of carboxylic acids is 1. The number of aromatic nitrogens is 1. The summed E-state index contributed by atoms with van der Waals surface area (Å²) in [4.78, 5) is 15.9. The van der Waals surface area contributed by atoms with E-state index in [1.54, 1.807) is 6.20 Å². The summed E-state index contributed by atoms with van der Waals surface area (Å²) in [5.74, 6) is -0.0591. The highest BCUT2D eigenvalue weighted by Gasteiger charge is 2.30. The van der Waals surface area contributed by atoms with Crippen LogP contribution < -0.4 is 10.6 Å². The first-order valence-electron chi connectivity index (χ1n) is 7.93. The van der Waals surface area contributed by atoms with E-state index in [1.807, 2.05) is 42.5 Å². The molecule has 0 bridgehead atoms. The SMILES string of the molecule is O=C(O)[C@@H](Cc1cccc(Nc2ccccn2)c1)[C@H]1CCNC1. The number of aliphatic carboxylic acids is 1. The predicted octanol–water partition coefficient (Wildman–Crippen LogP) is 2.68. The second kappa shape index (κ2) is 7.24. The van der Waals surface area contributed by atoms with Gasteiger partial charge in [0.1, 0.15) is 5.82 Å². The third-order valence-corrected chi connectivity index (χ3v) is 4.30. The Labute approximate surface area is 135 Å². The fourth-order valence-electron chi connectivity index (χ4n) is 3.09. The van der Waals surface area contributed by atoms with Crippen LogP contribution >= 0.6 is 0 Å². The fourth-order valence-corrected chi connectivity index (χ4v) is 3.09. The minimum Gasteiger partial charge on any atom is -0.481 e. The maximum absolute atomic E-state index is 11.6. The molecule has 1 saturated heterocycles. The zero-order chi connectivity index (χ0) is 16.1. The molecule has 5 nitrogen and oxygen atoms in total. The zero-order valence-electron chi connectivity index (χ0n) is 12.9. The number of benzene rings is 1. The molecule has 0 amide bonds. The van der Waals surface area contributed by atoms with Crippen LogP contribution in [0.15, 0.2) is 48.7 Å². The van der Waals surface area contributed by atoms with E-state index >= 15 is 0 Å². The molecule has 0 spiro atoms. The fraction of sp³-hybridized carbons (Fsp3) is 0.333. The number of pyridine rings is 1. The summed E-state index contributed by atoms with van der Waals surface area (Å²) in [6.45, 7) is 1.71. The first kappa shape index (κ1) is 15.5. The third kappa shape index (κ3) is 4.07. The Morgan fingerprint density at radius 1 is 1.35 bits per heavy atom. The van der Waals surface area contributed by atoms with Crippen LogP contribution in [0, 0.1) is 11.8 Å². The molecule has 5 heteroatoms. The van der Waals surface area contributed by atoms with Gasteiger partial charge in [0.05, 0.1) is 5.92 Å². The lowest BCUT2D eigenvalue weighted by Gasteiger charge is -2.19. The number of nitrogens with one attached hydrogen (secondary N) is 2. The average molecular weight is 311 g/mol. The monoisotopic (exact) mass is 311 g/mol. The maximum atomic E-state index is 11.6. The van der Waals surface area contributed by atoms with Gasteiger partial charge in [-0.3, -0.25) is 4.79 Å². The topological polar surface area (TPSA) is 74.2 Å². The molecule has 3 rings (SSSR count). The summed E-state index contributed by atoms with van der Waals surface area (Å²) < 4.78 is 0. The lowest BCUT2D eigenvalue weighted by atomic mass is 9.86. The minimum absolute atomic E-state index is 0.208. The molecule has 0 unspecified atom stereocenters. The minimum atomic E-state index is -0.707. The van der Waals surface area contributed by atoms with Crippen LogP contribution in [-0.2, 0) is 11.2 Å². The largest absolute Gasteiger partial charge is 0.481 e. The number of hydrogen-bond acceptors (Lipinski definition) is 4. The van der Waals surface area contributed by atoms with E-state index < -0.39 is 5.97 Å². The van der Waals surface area contributed by atoms with Crippen LogP contribution in [0.3, 0.4) is 0 Å². The summed E-state index contributed by atoms with van der Waals surface area (Å²) in [5, 5.41) is 16.0. The lowest BCUT2D eigenvalue weighted by Crippen LogP contribution is -2.27. The van der Waals surface area contributed by atoms with Crippen molar-refractivity contribution in [3.05, 3.63) is 54.2 Å². The summed E-state index contributed by atoms with van der Waals surface area (Å²) in [5.41, 5.74) is 1.96. The van der Waals surface area contributed by atoms with E-state index in [2.05, 4.69) is 15.6 Å². The van der Waals surface area contributed by atoms with Crippen molar-refractivity contribution in [2.24, 2.45) is 11.8 Å². The van der Waals surface area contributed by atoms with Crippen molar-refractivity contribution in [2.45, 2.75) is 12.8 Å². The van der Waals surface area contributed by atoms with E-state index in [0.29, 0.717) is 6.42 Å². The molecule has 2 aromatic rings. The van der Waals surface area contributed by atoms with Crippen molar-refractivity contribution in [1.82, 2.24) is 10.3 Å². The van der Waals surface area contributed by atoms with Gasteiger partial charge >= 0.3 is 5.97 Å². The van der Waals surface area contributed by atoms with Crippen molar-refractivity contribution >= 4 is 17.5 Å². The van der Waals surface area contributed by atoms with Gasteiger partial charge in [0.25, 0.3) is 0 Å². The molecular weight excluding hydrogens is 290 g/mol. The van der Waals surface area contributed by atoms with Crippen LogP contribution in [0.2, 0.25) is 0 Å². The van der Waals surface area contributed by atoms with Gasteiger partial charge in [-0.1, -0.05) is 18.2 Å². The molecule has 2 atom stereocenters. The molecule has 120 valence electrons. The highest BCUT2D eigenvalue weighted by molar-refractivity contribution is 5.71. The molecule has 0 radical (unpaired) electrons. The van der Waals surface area contributed by atoms with Crippen LogP contribution in [0.4, 0.5) is 11.5 Å². The van der Waals surface area contributed by atoms with Gasteiger partial charge in [-0.05, 0) is 61.7 Å². The van der Waals surface area contributed by atoms with Crippen molar-refractivity contribution < 1.29 is 9.90 Å². The van der Waals surface area contributed by atoms with Gasteiger partial charge in [0.15, 0.2) is 0 Å². The van der Waals surface area contributed by atoms with E-state index in [9.17, 15) is 9.90 Å². The van der Waals surface area contributed by atoms with Crippen molar-refractivity contribution in [3.63, 3.8) is 0 Å². The van der Waals surface area contributed by atoms with Gasteiger partial charge in [0.2, 0.25) is 0 Å². The van der Waals surface area contributed by atoms with Gasteiger partial charge < -0.3 is 15.7 Å². The molecular formula is C18H21N3O2. The summed E-state index contributed by atoms with van der Waals surface area (Å²) in [6, 6.07) is 13.6. The second-order valence-corrected chi connectivity index (χ2v) is 5.94. The zero-order valence-corrected chi connectivity index (χ0v) is 12.9. The van der Waals surface area contributed by atoms with Crippen molar-refractivity contribution in [3.8, 4) is 0 Å². The van der Waals surface area contributed by atoms with Crippen LogP contribution in [0.1, 0.15) is 12.0 Å². The quantitative estimate of drug-likeness (QED) is 0.765. The molecule has 1 aromatic carbocycles. The predicted molar refractivity (Wildman–Crippen MR) is 89.8 cm³/mol. The first-order chi connectivity index (χ1) is 11.2. The molecule has 23 heavy (non-hydrogen) atoms. The highest BCUT2D eigenvalue weighted by Crippen LogP contribution is 2.25. The van der Waals surface area contributed by atoms with Crippen LogP contribution in [0.5, 0.6) is 0 Å². The van der Waals surface area contributed by atoms with E-state index in [4.69, 9.17) is 0 Å². The Balaban J connectivity index is 1.72. The Morgan fingerprint density at radius 2 is 2.26 bits per heavy atom. The summed E-state index contributed by atoms with van der Waals surface area (Å²) in [6.07, 6.45) is 3.22. The molecule has 1 aliphatic heterocycles. The molecule has 3 N–H and O–H groups in total. The number of carbonyl (C=O) groups is 1. The van der Waals surface area contributed by atoms with Gasteiger partial charge in [-0.25, -0.2) is 4.98 Å². The number of nitrogens with zero attached hydrogens (tertiary/aromatic N) is 1. The van der Waals surface area contributed by atoms with Crippen LogP contribution in [0.25, 0.3) is 0 Å². The van der Waals surface area contributed by atoms with E-state index in [0.717, 1.165) is 36.6 Å². The second-order valence-electron chi connectivity index (χ2n) is 5.94. The van der Waals surface area contributed by atoms with E-state index in [-0.39, 0.29) is 11.8 Å².